The van der Waals surface area contributed by atoms with E-state index in [0.717, 1.165) is 33.9 Å². The highest BCUT2D eigenvalue weighted by Gasteiger charge is 2.25. The summed E-state index contributed by atoms with van der Waals surface area (Å²) < 4.78 is 22.4. The zero-order valence-corrected chi connectivity index (χ0v) is 28.1. The van der Waals surface area contributed by atoms with Gasteiger partial charge in [0.15, 0.2) is 0 Å². The molecule has 0 atom stereocenters. The molecule has 3 aromatic rings. The number of halogens is 1. The van der Waals surface area contributed by atoms with Gasteiger partial charge in [-0.25, -0.2) is 9.59 Å². The highest BCUT2D eigenvalue weighted by Crippen LogP contribution is 2.36. The van der Waals surface area contributed by atoms with Crippen molar-refractivity contribution in [2.75, 3.05) is 24.7 Å². The highest BCUT2D eigenvalue weighted by atomic mass is 35.5. The van der Waals surface area contributed by atoms with Crippen LogP contribution in [0.1, 0.15) is 66.4 Å². The molecule has 3 rings (SSSR count). The lowest BCUT2D eigenvalue weighted by molar-refractivity contribution is -0.160. The minimum atomic E-state index is -0.652. The van der Waals surface area contributed by atoms with E-state index in [1.54, 1.807) is 16.7 Å². The molecule has 0 saturated carbocycles. The van der Waals surface area contributed by atoms with Gasteiger partial charge in [-0.3, -0.25) is 4.90 Å². The Morgan fingerprint density at radius 2 is 1.50 bits per heavy atom. The molecule has 0 spiro atoms. The summed E-state index contributed by atoms with van der Waals surface area (Å²) in [6.45, 7) is 12.2. The molecule has 0 aromatic heterocycles. The molecule has 238 valence electrons. The number of hydrogen-bond acceptors (Lipinski definition) is 7. The predicted molar refractivity (Wildman–Crippen MR) is 177 cm³/mol. The lowest BCUT2D eigenvalue weighted by Gasteiger charge is -2.28. The molecular formula is C35H44ClNO6S. The van der Waals surface area contributed by atoms with Gasteiger partial charge in [-0.05, 0) is 103 Å². The van der Waals surface area contributed by atoms with Crippen molar-refractivity contribution in [2.24, 2.45) is 0 Å². The second-order valence-electron chi connectivity index (χ2n) is 12.3. The van der Waals surface area contributed by atoms with Gasteiger partial charge in [0.1, 0.15) is 30.2 Å². The summed E-state index contributed by atoms with van der Waals surface area (Å²) in [5, 5.41) is 0.457. The summed E-state index contributed by atoms with van der Waals surface area (Å²) in [6.07, 6.45) is 1.78. The summed E-state index contributed by atoms with van der Waals surface area (Å²) in [6, 6.07) is 23.6. The normalized spacial score (nSPS) is 11.6. The van der Waals surface area contributed by atoms with E-state index in [4.69, 9.17) is 30.5 Å². The number of hydrogen-bond donors (Lipinski definition) is 0. The summed E-state index contributed by atoms with van der Waals surface area (Å²) >= 11 is 8.32. The molecule has 44 heavy (non-hydrogen) atoms. The number of nitrogens with zero attached hydrogens (tertiary/aromatic N) is 1. The maximum atomic E-state index is 13.2. The zero-order chi connectivity index (χ0) is 32.2. The Bertz CT molecular complexity index is 1350. The molecule has 0 saturated heterocycles. The van der Waals surface area contributed by atoms with E-state index in [1.807, 2.05) is 114 Å². The van der Waals surface area contributed by atoms with Gasteiger partial charge in [0.2, 0.25) is 0 Å². The number of anilines is 1. The summed E-state index contributed by atoms with van der Waals surface area (Å²) in [7, 11) is 0. The fourth-order valence-corrected chi connectivity index (χ4v) is 5.33. The first-order valence-corrected chi connectivity index (χ1v) is 16.0. The van der Waals surface area contributed by atoms with Crippen molar-refractivity contribution < 1.29 is 28.5 Å². The fourth-order valence-electron chi connectivity index (χ4n) is 4.08. The first-order valence-electron chi connectivity index (χ1n) is 14.8. The molecule has 0 bridgehead atoms. The molecular weight excluding hydrogens is 598 g/mol. The van der Waals surface area contributed by atoms with E-state index in [9.17, 15) is 9.59 Å². The van der Waals surface area contributed by atoms with Gasteiger partial charge in [0.25, 0.3) is 0 Å². The van der Waals surface area contributed by atoms with Crippen molar-refractivity contribution in [1.29, 1.82) is 0 Å². The summed E-state index contributed by atoms with van der Waals surface area (Å²) in [4.78, 5) is 28.5. The number of benzene rings is 3. The quantitative estimate of drug-likeness (QED) is 0.128. The molecule has 0 fully saturated rings. The SMILES string of the molecule is CC(C)(C)OC(=O)COCCCCCN(C(=O)OC(C)(C)C)c1ccc(Sc2cccc(OCc3ccccc3)c2)cc1Cl. The molecule has 9 heteroatoms. The Balaban J connectivity index is 1.58. The van der Waals surface area contributed by atoms with Crippen LogP contribution < -0.4 is 9.64 Å². The standard InChI is InChI=1S/C35H44ClNO6S/c1-34(2,3)42-32(38)25-40-21-12-8-11-20-37(33(39)43-35(4,5)6)31-19-18-29(23-30(31)36)44-28-17-13-16-27(22-28)41-24-26-14-9-7-10-15-26/h7,9-10,13-19,22-23H,8,11-12,20-21,24-25H2,1-6H3. The average molecular weight is 642 g/mol. The first-order chi connectivity index (χ1) is 20.8. The second-order valence-corrected chi connectivity index (χ2v) is 13.9. The van der Waals surface area contributed by atoms with Gasteiger partial charge in [0, 0.05) is 22.9 Å². The highest BCUT2D eigenvalue weighted by molar-refractivity contribution is 7.99. The lowest BCUT2D eigenvalue weighted by Crippen LogP contribution is -2.37. The molecule has 0 aliphatic heterocycles. The van der Waals surface area contributed by atoms with E-state index < -0.39 is 17.3 Å². The Kier molecular flexibility index (Phi) is 13.4. The first kappa shape index (κ1) is 35.3. The zero-order valence-electron chi connectivity index (χ0n) is 26.6. The van der Waals surface area contributed by atoms with Gasteiger partial charge in [-0.2, -0.15) is 0 Å². The average Bonchev–Trinajstić information content (AvgIpc) is 2.93. The molecule has 0 N–H and O–H groups in total. The van der Waals surface area contributed by atoms with Crippen molar-refractivity contribution in [3.63, 3.8) is 0 Å². The Labute approximate surface area is 271 Å². The smallest absolute Gasteiger partial charge is 0.414 e. The third-order valence-electron chi connectivity index (χ3n) is 5.92. The topological polar surface area (TPSA) is 74.3 Å². The molecule has 0 radical (unpaired) electrons. The van der Waals surface area contributed by atoms with Crippen LogP contribution in [-0.4, -0.2) is 43.0 Å². The number of carbonyl (C=O) groups is 2. The van der Waals surface area contributed by atoms with Crippen LogP contribution in [0.4, 0.5) is 10.5 Å². The summed E-state index contributed by atoms with van der Waals surface area (Å²) in [5.41, 5.74) is 0.507. The van der Waals surface area contributed by atoms with E-state index in [2.05, 4.69) is 0 Å². The molecule has 0 aliphatic rings. The van der Waals surface area contributed by atoms with Crippen LogP contribution in [0.3, 0.4) is 0 Å². The van der Waals surface area contributed by atoms with Gasteiger partial charge in [-0.15, -0.1) is 0 Å². The van der Waals surface area contributed by atoms with E-state index in [-0.39, 0.29) is 12.6 Å². The minimum absolute atomic E-state index is 0.0771. The Hall–Kier alpha value is -3.20. The Morgan fingerprint density at radius 3 is 2.18 bits per heavy atom. The largest absolute Gasteiger partial charge is 0.489 e. The number of rotatable bonds is 14. The number of ether oxygens (including phenoxy) is 4. The van der Waals surface area contributed by atoms with Gasteiger partial charge < -0.3 is 18.9 Å². The third kappa shape index (κ3) is 13.2. The maximum Gasteiger partial charge on any atom is 0.414 e. The van der Waals surface area contributed by atoms with Gasteiger partial charge in [-0.1, -0.05) is 59.8 Å². The van der Waals surface area contributed by atoms with Crippen LogP contribution >= 0.6 is 23.4 Å². The maximum absolute atomic E-state index is 13.2. The van der Waals surface area contributed by atoms with Gasteiger partial charge in [0.05, 0.1) is 10.7 Å². The van der Waals surface area contributed by atoms with Crippen LogP contribution in [0.2, 0.25) is 5.02 Å². The van der Waals surface area contributed by atoms with Crippen molar-refractivity contribution in [3.05, 3.63) is 83.4 Å². The van der Waals surface area contributed by atoms with E-state index in [0.29, 0.717) is 36.9 Å². The number of carbonyl (C=O) groups excluding carboxylic acids is 2. The van der Waals surface area contributed by atoms with E-state index >= 15 is 0 Å². The summed E-state index contributed by atoms with van der Waals surface area (Å²) in [5.74, 6) is 0.405. The van der Waals surface area contributed by atoms with Crippen molar-refractivity contribution in [2.45, 2.75) is 88.4 Å². The molecule has 0 unspecified atom stereocenters. The monoisotopic (exact) mass is 641 g/mol. The van der Waals surface area contributed by atoms with Crippen LogP contribution in [0, 0.1) is 0 Å². The molecule has 0 heterocycles. The molecule has 0 aliphatic carbocycles. The van der Waals surface area contributed by atoms with Gasteiger partial charge >= 0.3 is 12.1 Å². The van der Waals surface area contributed by atoms with Crippen molar-refractivity contribution >= 4 is 41.1 Å². The second kappa shape index (κ2) is 16.8. The predicted octanol–water partition coefficient (Wildman–Crippen LogP) is 9.34. The van der Waals surface area contributed by atoms with Crippen LogP contribution in [0.25, 0.3) is 0 Å². The van der Waals surface area contributed by atoms with Crippen molar-refractivity contribution in [3.8, 4) is 5.75 Å². The van der Waals surface area contributed by atoms with Crippen LogP contribution in [-0.2, 0) is 25.6 Å². The number of unbranched alkanes of at least 4 members (excludes halogenated alkanes) is 2. The van der Waals surface area contributed by atoms with Crippen LogP contribution in [0.5, 0.6) is 5.75 Å². The number of esters is 1. The lowest BCUT2D eigenvalue weighted by atomic mass is 10.2. The van der Waals surface area contributed by atoms with Crippen LogP contribution in [0.15, 0.2) is 82.6 Å². The fraction of sp³-hybridized carbons (Fsp3) is 0.429. The Morgan fingerprint density at radius 1 is 0.795 bits per heavy atom. The van der Waals surface area contributed by atoms with Crippen molar-refractivity contribution in [1.82, 2.24) is 0 Å². The third-order valence-corrected chi connectivity index (χ3v) is 7.21. The number of amides is 1. The minimum Gasteiger partial charge on any atom is -0.489 e. The molecule has 3 aromatic carbocycles. The molecule has 7 nitrogen and oxygen atoms in total. The molecule has 1 amide bonds. The van der Waals surface area contributed by atoms with E-state index in [1.165, 1.54) is 0 Å².